The van der Waals surface area contributed by atoms with E-state index in [4.69, 9.17) is 4.98 Å². The van der Waals surface area contributed by atoms with Gasteiger partial charge in [0.05, 0.1) is 23.8 Å². The number of rotatable bonds is 3. The van der Waals surface area contributed by atoms with E-state index in [0.29, 0.717) is 28.5 Å². The lowest BCUT2D eigenvalue weighted by Gasteiger charge is -2.14. The molecular weight excluding hydrogens is 304 g/mol. The van der Waals surface area contributed by atoms with E-state index in [1.165, 1.54) is 0 Å². The molecule has 0 amide bonds. The number of hydrogen-bond donors (Lipinski definition) is 1. The summed E-state index contributed by atoms with van der Waals surface area (Å²) in [5.41, 5.74) is 2.77. The molecule has 0 saturated carbocycles. The van der Waals surface area contributed by atoms with E-state index in [1.807, 2.05) is 33.4 Å². The summed E-state index contributed by atoms with van der Waals surface area (Å²) in [5.74, 6) is 0. The predicted octanol–water partition coefficient (Wildman–Crippen LogP) is 2.47. The molecule has 3 aromatic heterocycles. The van der Waals surface area contributed by atoms with Crippen LogP contribution in [-0.2, 0) is 6.54 Å². The molecule has 0 fully saturated rings. The van der Waals surface area contributed by atoms with Crippen molar-refractivity contribution in [2.24, 2.45) is 0 Å². The third-order valence-electron chi connectivity index (χ3n) is 4.35. The van der Waals surface area contributed by atoms with Gasteiger partial charge in [0.15, 0.2) is 11.1 Å². The molecule has 4 aromatic rings. The first-order valence-electron chi connectivity index (χ1n) is 8.01. The number of nitrogens with zero attached hydrogens (tertiary/aromatic N) is 4. The van der Waals surface area contributed by atoms with Crippen molar-refractivity contribution < 1.29 is 5.11 Å². The van der Waals surface area contributed by atoms with Crippen molar-refractivity contribution in [1.29, 1.82) is 0 Å². The standard InChI is InChI=1S/C18H18N4O2/c1-11(2)22-10-19-14-9-13-16(24)12-5-3-4-6-15(12)21(7-8-23)17(13)20-18(14)22/h3-6,9-11,23H,7-8H2,1-2H3. The average molecular weight is 322 g/mol. The SMILES string of the molecule is CC(C)n1cnc2cc3c(=O)c4ccccc4n(CCO)c3nc21. The lowest BCUT2D eigenvalue weighted by Crippen LogP contribution is -2.15. The average Bonchev–Trinajstić information content (AvgIpc) is 3.00. The smallest absolute Gasteiger partial charge is 0.198 e. The van der Waals surface area contributed by atoms with Crippen molar-refractivity contribution in [2.45, 2.75) is 26.4 Å². The second kappa shape index (κ2) is 5.42. The minimum absolute atomic E-state index is 0.0227. The quantitative estimate of drug-likeness (QED) is 0.588. The van der Waals surface area contributed by atoms with Crippen LogP contribution in [0.5, 0.6) is 0 Å². The zero-order valence-electron chi connectivity index (χ0n) is 13.6. The van der Waals surface area contributed by atoms with Crippen LogP contribution < -0.4 is 5.43 Å². The van der Waals surface area contributed by atoms with E-state index in [-0.39, 0.29) is 18.1 Å². The fourth-order valence-electron chi connectivity index (χ4n) is 3.19. The van der Waals surface area contributed by atoms with Gasteiger partial charge in [0.2, 0.25) is 0 Å². The zero-order valence-corrected chi connectivity index (χ0v) is 13.6. The van der Waals surface area contributed by atoms with Crippen molar-refractivity contribution in [3.63, 3.8) is 0 Å². The summed E-state index contributed by atoms with van der Waals surface area (Å²) in [6.07, 6.45) is 1.75. The Kier molecular flexibility index (Phi) is 3.35. The van der Waals surface area contributed by atoms with Crippen LogP contribution in [-0.4, -0.2) is 30.8 Å². The van der Waals surface area contributed by atoms with E-state index >= 15 is 0 Å². The van der Waals surface area contributed by atoms with Gasteiger partial charge < -0.3 is 14.2 Å². The lowest BCUT2D eigenvalue weighted by atomic mass is 10.1. The Morgan fingerprint density at radius 3 is 2.71 bits per heavy atom. The van der Waals surface area contributed by atoms with Crippen LogP contribution in [0.15, 0.2) is 41.5 Å². The van der Waals surface area contributed by atoms with Crippen LogP contribution in [0, 0.1) is 0 Å². The third-order valence-corrected chi connectivity index (χ3v) is 4.35. The fourth-order valence-corrected chi connectivity index (χ4v) is 3.19. The lowest BCUT2D eigenvalue weighted by molar-refractivity contribution is 0.279. The first kappa shape index (κ1) is 14.8. The number of benzene rings is 1. The molecule has 0 atom stereocenters. The van der Waals surface area contributed by atoms with Gasteiger partial charge in [-0.2, -0.15) is 0 Å². The van der Waals surface area contributed by atoms with E-state index in [2.05, 4.69) is 18.8 Å². The molecule has 0 spiro atoms. The highest BCUT2D eigenvalue weighted by Gasteiger charge is 2.15. The van der Waals surface area contributed by atoms with Crippen LogP contribution in [0.4, 0.5) is 0 Å². The van der Waals surface area contributed by atoms with Gasteiger partial charge in [-0.15, -0.1) is 0 Å². The van der Waals surface area contributed by atoms with E-state index < -0.39 is 0 Å². The molecule has 0 radical (unpaired) electrons. The largest absolute Gasteiger partial charge is 0.395 e. The van der Waals surface area contributed by atoms with Crippen molar-refractivity contribution in [3.05, 3.63) is 46.9 Å². The number of aliphatic hydroxyl groups excluding tert-OH is 1. The van der Waals surface area contributed by atoms with Gasteiger partial charge in [0, 0.05) is 18.0 Å². The number of para-hydroxylation sites is 1. The predicted molar refractivity (Wildman–Crippen MR) is 94.3 cm³/mol. The Labute approximate surface area is 138 Å². The first-order valence-corrected chi connectivity index (χ1v) is 8.01. The number of aliphatic hydroxyl groups is 1. The second-order valence-corrected chi connectivity index (χ2v) is 6.17. The van der Waals surface area contributed by atoms with Gasteiger partial charge in [0.25, 0.3) is 0 Å². The van der Waals surface area contributed by atoms with Crippen molar-refractivity contribution >= 4 is 33.1 Å². The molecule has 0 aliphatic rings. The Hall–Kier alpha value is -2.73. The summed E-state index contributed by atoms with van der Waals surface area (Å²) < 4.78 is 3.89. The van der Waals surface area contributed by atoms with Gasteiger partial charge in [-0.3, -0.25) is 4.79 Å². The normalized spacial score (nSPS) is 12.0. The maximum absolute atomic E-state index is 12.9. The number of fused-ring (bicyclic) bond motifs is 3. The molecule has 1 aromatic carbocycles. The highest BCUT2D eigenvalue weighted by Crippen LogP contribution is 2.23. The summed E-state index contributed by atoms with van der Waals surface area (Å²) in [6.45, 7) is 4.49. The molecule has 0 bridgehead atoms. The van der Waals surface area contributed by atoms with Gasteiger partial charge >= 0.3 is 0 Å². The van der Waals surface area contributed by atoms with Crippen LogP contribution in [0.3, 0.4) is 0 Å². The first-order chi connectivity index (χ1) is 11.6. The van der Waals surface area contributed by atoms with E-state index in [0.717, 1.165) is 11.2 Å². The molecule has 3 heterocycles. The monoisotopic (exact) mass is 322 g/mol. The summed E-state index contributed by atoms with van der Waals surface area (Å²) in [5, 5.41) is 10.6. The van der Waals surface area contributed by atoms with Crippen LogP contribution in [0.1, 0.15) is 19.9 Å². The topological polar surface area (TPSA) is 72.9 Å². The van der Waals surface area contributed by atoms with Crippen molar-refractivity contribution in [3.8, 4) is 0 Å². The van der Waals surface area contributed by atoms with Crippen LogP contribution in [0.2, 0.25) is 0 Å². The molecule has 1 N–H and O–H groups in total. The zero-order chi connectivity index (χ0) is 16.8. The van der Waals surface area contributed by atoms with E-state index in [1.54, 1.807) is 12.4 Å². The fraction of sp³-hybridized carbons (Fsp3) is 0.278. The molecule has 24 heavy (non-hydrogen) atoms. The molecule has 0 aliphatic carbocycles. The molecule has 122 valence electrons. The second-order valence-electron chi connectivity index (χ2n) is 6.17. The van der Waals surface area contributed by atoms with Crippen LogP contribution in [0.25, 0.3) is 33.1 Å². The van der Waals surface area contributed by atoms with Crippen molar-refractivity contribution in [2.75, 3.05) is 6.61 Å². The Balaban J connectivity index is 2.23. The summed E-state index contributed by atoms with van der Waals surface area (Å²) in [7, 11) is 0. The Morgan fingerprint density at radius 1 is 1.17 bits per heavy atom. The van der Waals surface area contributed by atoms with Gasteiger partial charge in [-0.1, -0.05) is 12.1 Å². The summed E-state index contributed by atoms with van der Waals surface area (Å²) in [4.78, 5) is 22.0. The minimum atomic E-state index is -0.0525. The minimum Gasteiger partial charge on any atom is -0.395 e. The number of pyridine rings is 2. The Bertz CT molecular complexity index is 1120. The highest BCUT2D eigenvalue weighted by atomic mass is 16.3. The van der Waals surface area contributed by atoms with Crippen LogP contribution >= 0.6 is 0 Å². The van der Waals surface area contributed by atoms with Gasteiger partial charge in [0.1, 0.15) is 11.2 Å². The number of imidazole rings is 1. The maximum atomic E-state index is 12.9. The highest BCUT2D eigenvalue weighted by molar-refractivity contribution is 5.96. The molecule has 0 aliphatic heterocycles. The molecule has 0 saturated heterocycles. The van der Waals surface area contributed by atoms with Gasteiger partial charge in [-0.25, -0.2) is 9.97 Å². The number of aromatic nitrogens is 4. The third kappa shape index (κ3) is 2.03. The molecule has 6 nitrogen and oxygen atoms in total. The Morgan fingerprint density at radius 2 is 1.96 bits per heavy atom. The summed E-state index contributed by atoms with van der Waals surface area (Å²) >= 11 is 0. The van der Waals surface area contributed by atoms with Gasteiger partial charge in [-0.05, 0) is 32.0 Å². The number of hydrogen-bond acceptors (Lipinski definition) is 4. The summed E-state index contributed by atoms with van der Waals surface area (Å²) in [6, 6.07) is 9.45. The maximum Gasteiger partial charge on any atom is 0.198 e. The molecule has 0 unspecified atom stereocenters. The van der Waals surface area contributed by atoms with E-state index in [9.17, 15) is 9.90 Å². The van der Waals surface area contributed by atoms with Crippen molar-refractivity contribution in [1.82, 2.24) is 19.1 Å². The molecule has 4 rings (SSSR count). The molecular formula is C18H18N4O2. The molecule has 6 heteroatoms.